The van der Waals surface area contributed by atoms with Crippen molar-refractivity contribution >= 4 is 21.4 Å². The first-order chi connectivity index (χ1) is 8.86. The zero-order valence-corrected chi connectivity index (χ0v) is 11.0. The van der Waals surface area contributed by atoms with Gasteiger partial charge in [0.15, 0.2) is 0 Å². The lowest BCUT2D eigenvalue weighted by atomic mass is 10.0. The summed E-state index contributed by atoms with van der Waals surface area (Å²) in [6.07, 6.45) is 0.980. The van der Waals surface area contributed by atoms with Crippen molar-refractivity contribution in [3.8, 4) is 5.75 Å². The number of benzene rings is 2. The molecule has 0 bridgehead atoms. The van der Waals surface area contributed by atoms with E-state index in [1.54, 1.807) is 7.11 Å². The molecular weight excluding hydrogens is 240 g/mol. The SMILES string of the molecule is COc1ccc(Cc2csc3ccccc23)cc1. The first-order valence-corrected chi connectivity index (χ1v) is 6.83. The van der Waals surface area contributed by atoms with Crippen LogP contribution in [0.15, 0.2) is 53.9 Å². The van der Waals surface area contributed by atoms with Crippen molar-refractivity contribution in [2.45, 2.75) is 6.42 Å². The standard InChI is InChI=1S/C16H14OS/c1-17-14-8-6-12(7-9-14)10-13-11-18-16-5-3-2-4-15(13)16/h2-9,11H,10H2,1H3. The second-order valence-corrected chi connectivity index (χ2v) is 5.19. The number of methoxy groups -OCH3 is 1. The Morgan fingerprint density at radius 1 is 1.00 bits per heavy atom. The largest absolute Gasteiger partial charge is 0.497 e. The highest BCUT2D eigenvalue weighted by Crippen LogP contribution is 2.27. The monoisotopic (exact) mass is 254 g/mol. The van der Waals surface area contributed by atoms with Gasteiger partial charge in [-0.2, -0.15) is 0 Å². The summed E-state index contributed by atoms with van der Waals surface area (Å²) in [5, 5.41) is 3.63. The number of fused-ring (bicyclic) bond motifs is 1. The average Bonchev–Trinajstić information content (AvgIpc) is 2.83. The normalized spacial score (nSPS) is 10.7. The fraction of sp³-hybridized carbons (Fsp3) is 0.125. The van der Waals surface area contributed by atoms with E-state index in [9.17, 15) is 0 Å². The van der Waals surface area contributed by atoms with Crippen LogP contribution in [0.2, 0.25) is 0 Å². The van der Waals surface area contributed by atoms with Crippen LogP contribution in [0.25, 0.3) is 10.1 Å². The molecule has 0 saturated carbocycles. The minimum absolute atomic E-state index is 0.911. The third-order valence-electron chi connectivity index (χ3n) is 3.11. The third-order valence-corrected chi connectivity index (χ3v) is 4.13. The Balaban J connectivity index is 1.91. The highest BCUT2D eigenvalue weighted by atomic mass is 32.1. The Morgan fingerprint density at radius 3 is 2.56 bits per heavy atom. The number of hydrogen-bond donors (Lipinski definition) is 0. The Kier molecular flexibility index (Phi) is 3.03. The van der Waals surface area contributed by atoms with E-state index in [-0.39, 0.29) is 0 Å². The van der Waals surface area contributed by atoms with Crippen LogP contribution in [0.1, 0.15) is 11.1 Å². The van der Waals surface area contributed by atoms with Gasteiger partial charge in [-0.1, -0.05) is 30.3 Å². The van der Waals surface area contributed by atoms with Crippen molar-refractivity contribution in [1.82, 2.24) is 0 Å². The number of hydrogen-bond acceptors (Lipinski definition) is 2. The van der Waals surface area contributed by atoms with Crippen molar-refractivity contribution in [2.75, 3.05) is 7.11 Å². The Labute approximate surface area is 111 Å². The molecule has 0 aliphatic rings. The minimum atomic E-state index is 0.911. The van der Waals surface area contributed by atoms with Gasteiger partial charge in [0.2, 0.25) is 0 Å². The van der Waals surface area contributed by atoms with E-state index in [2.05, 4.69) is 41.8 Å². The molecule has 2 heteroatoms. The molecule has 2 aromatic carbocycles. The number of thiophene rings is 1. The molecule has 3 aromatic rings. The molecular formula is C16H14OS. The summed E-state index contributed by atoms with van der Waals surface area (Å²) in [5.74, 6) is 0.911. The molecule has 0 saturated heterocycles. The Hall–Kier alpha value is -1.80. The number of rotatable bonds is 3. The molecule has 0 unspecified atom stereocenters. The third kappa shape index (κ3) is 2.12. The van der Waals surface area contributed by atoms with Crippen LogP contribution in [0.5, 0.6) is 5.75 Å². The van der Waals surface area contributed by atoms with Gasteiger partial charge in [0.25, 0.3) is 0 Å². The maximum atomic E-state index is 5.18. The molecule has 1 nitrogen and oxygen atoms in total. The van der Waals surface area contributed by atoms with Gasteiger partial charge in [0, 0.05) is 4.70 Å². The molecule has 0 aliphatic carbocycles. The highest BCUT2D eigenvalue weighted by Gasteiger charge is 2.04. The van der Waals surface area contributed by atoms with E-state index >= 15 is 0 Å². The lowest BCUT2D eigenvalue weighted by molar-refractivity contribution is 0.414. The summed E-state index contributed by atoms with van der Waals surface area (Å²) in [6.45, 7) is 0. The van der Waals surface area contributed by atoms with Crippen LogP contribution >= 0.6 is 11.3 Å². The predicted octanol–water partition coefficient (Wildman–Crippen LogP) is 4.50. The first-order valence-electron chi connectivity index (χ1n) is 5.95. The summed E-state index contributed by atoms with van der Waals surface area (Å²) >= 11 is 1.82. The van der Waals surface area contributed by atoms with E-state index in [0.29, 0.717) is 0 Å². The average molecular weight is 254 g/mol. The molecule has 18 heavy (non-hydrogen) atoms. The maximum Gasteiger partial charge on any atom is 0.118 e. The molecule has 0 N–H and O–H groups in total. The topological polar surface area (TPSA) is 9.23 Å². The zero-order chi connectivity index (χ0) is 12.4. The van der Waals surface area contributed by atoms with Crippen LogP contribution in [-0.4, -0.2) is 7.11 Å². The van der Waals surface area contributed by atoms with Gasteiger partial charge in [-0.15, -0.1) is 11.3 Å². The fourth-order valence-corrected chi connectivity index (χ4v) is 3.10. The van der Waals surface area contributed by atoms with Gasteiger partial charge >= 0.3 is 0 Å². The van der Waals surface area contributed by atoms with Crippen molar-refractivity contribution < 1.29 is 4.74 Å². The van der Waals surface area contributed by atoms with E-state index in [1.807, 2.05) is 23.5 Å². The summed E-state index contributed by atoms with van der Waals surface area (Å²) in [5.41, 5.74) is 2.72. The summed E-state index contributed by atoms with van der Waals surface area (Å²) in [4.78, 5) is 0. The van der Waals surface area contributed by atoms with Crippen LogP contribution in [0, 0.1) is 0 Å². The molecule has 1 heterocycles. The molecule has 0 atom stereocenters. The van der Waals surface area contributed by atoms with E-state index in [0.717, 1.165) is 12.2 Å². The van der Waals surface area contributed by atoms with Crippen molar-refractivity contribution in [3.05, 3.63) is 65.0 Å². The van der Waals surface area contributed by atoms with Crippen LogP contribution in [0.3, 0.4) is 0 Å². The van der Waals surface area contributed by atoms with Crippen molar-refractivity contribution in [3.63, 3.8) is 0 Å². The summed E-state index contributed by atoms with van der Waals surface area (Å²) < 4.78 is 6.54. The van der Waals surface area contributed by atoms with Gasteiger partial charge < -0.3 is 4.74 Å². The molecule has 0 radical (unpaired) electrons. The Bertz CT molecular complexity index is 652. The fourth-order valence-electron chi connectivity index (χ4n) is 2.13. The lowest BCUT2D eigenvalue weighted by Crippen LogP contribution is -1.87. The van der Waals surface area contributed by atoms with Crippen LogP contribution in [0.4, 0.5) is 0 Å². The minimum Gasteiger partial charge on any atom is -0.497 e. The van der Waals surface area contributed by atoms with Gasteiger partial charge in [0.1, 0.15) is 5.75 Å². The van der Waals surface area contributed by atoms with Gasteiger partial charge in [-0.3, -0.25) is 0 Å². The zero-order valence-electron chi connectivity index (χ0n) is 10.2. The molecule has 3 rings (SSSR count). The van der Waals surface area contributed by atoms with Crippen molar-refractivity contribution in [2.24, 2.45) is 0 Å². The second-order valence-electron chi connectivity index (χ2n) is 4.28. The summed E-state index contributed by atoms with van der Waals surface area (Å²) in [7, 11) is 1.70. The van der Waals surface area contributed by atoms with E-state index < -0.39 is 0 Å². The second kappa shape index (κ2) is 4.83. The van der Waals surface area contributed by atoms with Crippen molar-refractivity contribution in [1.29, 1.82) is 0 Å². The lowest BCUT2D eigenvalue weighted by Gasteiger charge is -2.03. The van der Waals surface area contributed by atoms with E-state index in [1.165, 1.54) is 21.2 Å². The molecule has 1 aromatic heterocycles. The molecule has 0 fully saturated rings. The molecule has 0 aliphatic heterocycles. The summed E-state index contributed by atoms with van der Waals surface area (Å²) in [6, 6.07) is 16.9. The highest BCUT2D eigenvalue weighted by molar-refractivity contribution is 7.17. The molecule has 90 valence electrons. The quantitative estimate of drug-likeness (QED) is 0.668. The van der Waals surface area contributed by atoms with Crippen LogP contribution < -0.4 is 4.74 Å². The molecule has 0 amide bonds. The van der Waals surface area contributed by atoms with E-state index in [4.69, 9.17) is 4.74 Å². The maximum absolute atomic E-state index is 5.18. The number of ether oxygens (including phenoxy) is 1. The smallest absolute Gasteiger partial charge is 0.118 e. The van der Waals surface area contributed by atoms with Crippen LogP contribution in [-0.2, 0) is 6.42 Å². The van der Waals surface area contributed by atoms with Gasteiger partial charge in [-0.05, 0) is 46.5 Å². The molecule has 0 spiro atoms. The predicted molar refractivity (Wildman–Crippen MR) is 77.6 cm³/mol. The Morgan fingerprint density at radius 2 is 1.78 bits per heavy atom. The first kappa shape index (κ1) is 11.3. The van der Waals surface area contributed by atoms with Gasteiger partial charge in [0.05, 0.1) is 7.11 Å². The van der Waals surface area contributed by atoms with Gasteiger partial charge in [-0.25, -0.2) is 0 Å².